The molecule has 0 fully saturated rings. The maximum absolute atomic E-state index is 12.1. The monoisotopic (exact) mass is 220 g/mol. The van der Waals surface area contributed by atoms with E-state index in [4.69, 9.17) is 16.0 Å². The van der Waals surface area contributed by atoms with E-state index in [1.165, 1.54) is 0 Å². The molecule has 1 aromatic heterocycles. The van der Waals surface area contributed by atoms with E-state index in [9.17, 15) is 4.79 Å². The number of hydrogen-bond donors (Lipinski definition) is 0. The van der Waals surface area contributed by atoms with E-state index < -0.39 is 0 Å². The molecule has 0 radical (unpaired) electrons. The van der Waals surface area contributed by atoms with Crippen molar-refractivity contribution in [3.8, 4) is 0 Å². The predicted octanol–water partition coefficient (Wildman–Crippen LogP) is 2.94. The average Bonchev–Trinajstić information content (AvgIpc) is 2.68. The highest BCUT2D eigenvalue weighted by Crippen LogP contribution is 2.24. The Labute approximate surface area is 91.5 Å². The molecule has 2 nitrogen and oxygen atoms in total. The van der Waals surface area contributed by atoms with Crippen molar-refractivity contribution in [1.29, 1.82) is 0 Å². The second kappa shape index (κ2) is 3.11. The van der Waals surface area contributed by atoms with Crippen LogP contribution in [0.2, 0.25) is 5.02 Å². The van der Waals surface area contributed by atoms with Gasteiger partial charge < -0.3 is 4.42 Å². The quantitative estimate of drug-likeness (QED) is 0.683. The Kier molecular flexibility index (Phi) is 1.86. The molecule has 3 rings (SSSR count). The number of halogens is 1. The Hall–Kier alpha value is -1.28. The standard InChI is InChI=1S/C12H9ClO2/c13-7-4-5-11-9(6-7)12(14)8-2-1-3-10(8)15-11/h4-6H,1-3H2. The zero-order chi connectivity index (χ0) is 10.4. The zero-order valence-electron chi connectivity index (χ0n) is 8.05. The van der Waals surface area contributed by atoms with Gasteiger partial charge in [-0.3, -0.25) is 4.79 Å². The van der Waals surface area contributed by atoms with E-state index in [2.05, 4.69) is 0 Å². The van der Waals surface area contributed by atoms with Crippen LogP contribution in [0, 0.1) is 0 Å². The molecule has 0 amide bonds. The van der Waals surface area contributed by atoms with Crippen LogP contribution in [0.3, 0.4) is 0 Å². The van der Waals surface area contributed by atoms with Crippen molar-refractivity contribution in [2.75, 3.05) is 0 Å². The highest BCUT2D eigenvalue weighted by Gasteiger charge is 2.19. The Balaban J connectivity index is 2.47. The topological polar surface area (TPSA) is 30.2 Å². The molecule has 1 aromatic carbocycles. The normalized spacial score (nSPS) is 14.5. The van der Waals surface area contributed by atoms with Crippen LogP contribution in [0.25, 0.3) is 11.0 Å². The van der Waals surface area contributed by atoms with E-state index in [1.54, 1.807) is 18.2 Å². The Morgan fingerprint density at radius 1 is 1.27 bits per heavy atom. The van der Waals surface area contributed by atoms with Gasteiger partial charge in [0.25, 0.3) is 0 Å². The van der Waals surface area contributed by atoms with Gasteiger partial charge in [-0.2, -0.15) is 0 Å². The summed E-state index contributed by atoms with van der Waals surface area (Å²) in [6.07, 6.45) is 2.72. The minimum absolute atomic E-state index is 0.0891. The van der Waals surface area contributed by atoms with Crippen molar-refractivity contribution in [3.63, 3.8) is 0 Å². The number of benzene rings is 1. The van der Waals surface area contributed by atoms with Gasteiger partial charge in [-0.15, -0.1) is 0 Å². The lowest BCUT2D eigenvalue weighted by atomic mass is 10.1. The molecule has 1 aliphatic rings. The summed E-state index contributed by atoms with van der Waals surface area (Å²) >= 11 is 5.86. The Bertz CT molecular complexity index is 598. The second-order valence-corrected chi connectivity index (χ2v) is 4.26. The smallest absolute Gasteiger partial charge is 0.196 e. The van der Waals surface area contributed by atoms with Crippen LogP contribution in [0.15, 0.2) is 27.4 Å². The molecule has 0 spiro atoms. The van der Waals surface area contributed by atoms with Gasteiger partial charge in [0.1, 0.15) is 11.3 Å². The van der Waals surface area contributed by atoms with E-state index in [1.807, 2.05) is 0 Å². The molecule has 3 heteroatoms. The highest BCUT2D eigenvalue weighted by atomic mass is 35.5. The van der Waals surface area contributed by atoms with Crippen molar-refractivity contribution < 1.29 is 4.42 Å². The van der Waals surface area contributed by atoms with Crippen molar-refractivity contribution in [1.82, 2.24) is 0 Å². The molecule has 0 bridgehead atoms. The summed E-state index contributed by atoms with van der Waals surface area (Å²) in [6.45, 7) is 0. The van der Waals surface area contributed by atoms with Gasteiger partial charge in [0.2, 0.25) is 0 Å². The van der Waals surface area contributed by atoms with E-state index in [0.717, 1.165) is 30.6 Å². The maximum atomic E-state index is 12.1. The van der Waals surface area contributed by atoms with Crippen LogP contribution in [0.4, 0.5) is 0 Å². The minimum atomic E-state index is 0.0891. The molecule has 76 valence electrons. The first kappa shape index (κ1) is 8.98. The molecule has 0 aliphatic heterocycles. The summed E-state index contributed by atoms with van der Waals surface area (Å²) in [5.41, 5.74) is 1.57. The fraction of sp³-hybridized carbons (Fsp3) is 0.250. The fourth-order valence-electron chi connectivity index (χ4n) is 2.13. The molecule has 0 unspecified atom stereocenters. The Morgan fingerprint density at radius 2 is 2.13 bits per heavy atom. The van der Waals surface area contributed by atoms with Crippen molar-refractivity contribution in [3.05, 3.63) is 44.8 Å². The summed E-state index contributed by atoms with van der Waals surface area (Å²) in [7, 11) is 0. The molecule has 2 aromatic rings. The first-order valence-electron chi connectivity index (χ1n) is 5.00. The number of fused-ring (bicyclic) bond motifs is 2. The van der Waals surface area contributed by atoms with Crippen LogP contribution in [0.1, 0.15) is 17.7 Å². The summed E-state index contributed by atoms with van der Waals surface area (Å²) in [6, 6.07) is 5.19. The molecule has 0 saturated carbocycles. The van der Waals surface area contributed by atoms with Crippen LogP contribution in [-0.4, -0.2) is 0 Å². The van der Waals surface area contributed by atoms with Crippen molar-refractivity contribution in [2.45, 2.75) is 19.3 Å². The third-order valence-corrected chi connectivity index (χ3v) is 3.10. The first-order chi connectivity index (χ1) is 7.25. The largest absolute Gasteiger partial charge is 0.461 e. The second-order valence-electron chi connectivity index (χ2n) is 3.83. The van der Waals surface area contributed by atoms with Gasteiger partial charge in [0.15, 0.2) is 5.43 Å². The van der Waals surface area contributed by atoms with E-state index in [0.29, 0.717) is 16.0 Å². The summed E-state index contributed by atoms with van der Waals surface area (Å²) in [5.74, 6) is 0.856. The van der Waals surface area contributed by atoms with Crippen LogP contribution in [0.5, 0.6) is 0 Å². The zero-order valence-corrected chi connectivity index (χ0v) is 8.80. The minimum Gasteiger partial charge on any atom is -0.461 e. The third-order valence-electron chi connectivity index (χ3n) is 2.86. The SMILES string of the molecule is O=c1c2c(oc3ccc(Cl)cc13)CCC2. The van der Waals surface area contributed by atoms with Gasteiger partial charge in [-0.1, -0.05) is 11.6 Å². The third kappa shape index (κ3) is 1.29. The van der Waals surface area contributed by atoms with Gasteiger partial charge >= 0.3 is 0 Å². The molecular weight excluding hydrogens is 212 g/mol. The van der Waals surface area contributed by atoms with Crippen LogP contribution < -0.4 is 5.43 Å². The van der Waals surface area contributed by atoms with Crippen LogP contribution >= 0.6 is 11.6 Å². The van der Waals surface area contributed by atoms with Gasteiger partial charge in [0, 0.05) is 17.0 Å². The lowest BCUT2D eigenvalue weighted by molar-refractivity contribution is 0.545. The molecule has 0 N–H and O–H groups in total. The van der Waals surface area contributed by atoms with Gasteiger partial charge in [-0.25, -0.2) is 0 Å². The van der Waals surface area contributed by atoms with Gasteiger partial charge in [-0.05, 0) is 31.0 Å². The van der Waals surface area contributed by atoms with Crippen molar-refractivity contribution >= 4 is 22.6 Å². The van der Waals surface area contributed by atoms with E-state index >= 15 is 0 Å². The maximum Gasteiger partial charge on any atom is 0.196 e. The summed E-state index contributed by atoms with van der Waals surface area (Å²) in [5, 5.41) is 1.18. The summed E-state index contributed by atoms with van der Waals surface area (Å²) in [4.78, 5) is 12.1. The first-order valence-corrected chi connectivity index (χ1v) is 5.37. The number of aryl methyl sites for hydroxylation is 1. The molecular formula is C12H9ClO2. The lowest BCUT2D eigenvalue weighted by Gasteiger charge is -2.01. The lowest BCUT2D eigenvalue weighted by Crippen LogP contribution is -2.08. The van der Waals surface area contributed by atoms with Gasteiger partial charge in [0.05, 0.1) is 5.39 Å². The predicted molar refractivity (Wildman–Crippen MR) is 59.5 cm³/mol. The molecule has 0 atom stereocenters. The number of hydrogen-bond acceptors (Lipinski definition) is 2. The Morgan fingerprint density at radius 3 is 3.00 bits per heavy atom. The average molecular weight is 221 g/mol. The molecule has 15 heavy (non-hydrogen) atoms. The number of rotatable bonds is 0. The highest BCUT2D eigenvalue weighted by molar-refractivity contribution is 6.31. The fourth-order valence-corrected chi connectivity index (χ4v) is 2.30. The molecule has 1 heterocycles. The van der Waals surface area contributed by atoms with Crippen molar-refractivity contribution in [2.24, 2.45) is 0 Å². The van der Waals surface area contributed by atoms with E-state index in [-0.39, 0.29) is 5.43 Å². The summed E-state index contributed by atoms with van der Waals surface area (Å²) < 4.78 is 5.68. The van der Waals surface area contributed by atoms with Crippen LogP contribution in [-0.2, 0) is 12.8 Å². The molecule has 0 saturated heterocycles. The molecule has 1 aliphatic carbocycles.